The van der Waals surface area contributed by atoms with E-state index in [9.17, 15) is 4.79 Å². The summed E-state index contributed by atoms with van der Waals surface area (Å²) in [5.74, 6) is 2.18. The molecule has 0 fully saturated rings. The first-order valence-corrected chi connectivity index (χ1v) is 6.17. The molecule has 1 aromatic rings. The van der Waals surface area contributed by atoms with Gasteiger partial charge in [-0.15, -0.1) is 0 Å². The van der Waals surface area contributed by atoms with Crippen LogP contribution in [0.25, 0.3) is 6.08 Å². The molecule has 92 valence electrons. The lowest BCUT2D eigenvalue weighted by Crippen LogP contribution is -1.88. The van der Waals surface area contributed by atoms with Crippen LogP contribution in [0.15, 0.2) is 24.3 Å². The quantitative estimate of drug-likeness (QED) is 0.807. The molecule has 0 spiro atoms. The van der Waals surface area contributed by atoms with Gasteiger partial charge in [-0.3, -0.25) is 4.79 Å². The first-order chi connectivity index (χ1) is 8.15. The van der Waals surface area contributed by atoms with Crippen LogP contribution in [0, 0.1) is 0 Å². The Balaban J connectivity index is 2.72. The average Bonchev–Trinajstić information content (AvgIpc) is 2.34. The molecule has 0 heterocycles. The molecule has 0 N–H and O–H groups in total. The zero-order valence-corrected chi connectivity index (χ0v) is 11.0. The zero-order valence-electron chi connectivity index (χ0n) is 10.2. The Morgan fingerprint density at radius 2 is 1.82 bits per heavy atom. The number of thioether (sulfide) groups is 1. The third-order valence-corrected chi connectivity index (χ3v) is 2.83. The van der Waals surface area contributed by atoms with E-state index >= 15 is 0 Å². The minimum Gasteiger partial charge on any atom is -0.497 e. The maximum absolute atomic E-state index is 10.7. The van der Waals surface area contributed by atoms with E-state index in [0.29, 0.717) is 5.75 Å². The van der Waals surface area contributed by atoms with Crippen LogP contribution in [-0.4, -0.2) is 25.1 Å². The molecule has 0 aliphatic rings. The van der Waals surface area contributed by atoms with Crippen LogP contribution in [0.5, 0.6) is 11.5 Å². The van der Waals surface area contributed by atoms with E-state index in [2.05, 4.69) is 0 Å². The highest BCUT2D eigenvalue weighted by molar-refractivity contribution is 8.13. The molecule has 0 radical (unpaired) electrons. The predicted octanol–water partition coefficient (Wildman–Crippen LogP) is 3.00. The van der Waals surface area contributed by atoms with Gasteiger partial charge >= 0.3 is 0 Å². The molecule has 0 unspecified atom stereocenters. The molecular formula is C13H16O3S. The number of carbonyl (C=O) groups excluding carboxylic acids is 1. The van der Waals surface area contributed by atoms with Crippen molar-refractivity contribution in [2.75, 3.05) is 20.0 Å². The first kappa shape index (κ1) is 13.6. The van der Waals surface area contributed by atoms with Crippen LogP contribution in [0.2, 0.25) is 0 Å². The third kappa shape index (κ3) is 4.95. The van der Waals surface area contributed by atoms with Gasteiger partial charge in [-0.05, 0) is 17.7 Å². The minimum absolute atomic E-state index is 0.123. The van der Waals surface area contributed by atoms with Crippen molar-refractivity contribution in [3.63, 3.8) is 0 Å². The van der Waals surface area contributed by atoms with Gasteiger partial charge in [0.15, 0.2) is 5.12 Å². The first-order valence-electron chi connectivity index (χ1n) is 5.18. The Hall–Kier alpha value is -1.42. The Morgan fingerprint density at radius 3 is 2.29 bits per heavy atom. The Bertz CT molecular complexity index is 391. The van der Waals surface area contributed by atoms with Gasteiger partial charge in [-0.1, -0.05) is 23.9 Å². The van der Waals surface area contributed by atoms with Gasteiger partial charge in [-0.2, -0.15) is 0 Å². The van der Waals surface area contributed by atoms with Crippen molar-refractivity contribution < 1.29 is 14.3 Å². The second-order valence-corrected chi connectivity index (χ2v) is 4.55. The van der Waals surface area contributed by atoms with E-state index in [4.69, 9.17) is 9.47 Å². The minimum atomic E-state index is 0.123. The normalized spacial score (nSPS) is 10.5. The van der Waals surface area contributed by atoms with Crippen molar-refractivity contribution in [1.29, 1.82) is 0 Å². The lowest BCUT2D eigenvalue weighted by atomic mass is 10.2. The number of hydrogen-bond acceptors (Lipinski definition) is 4. The molecule has 0 atom stereocenters. The number of carbonyl (C=O) groups is 1. The van der Waals surface area contributed by atoms with Gasteiger partial charge in [0.1, 0.15) is 11.5 Å². The summed E-state index contributed by atoms with van der Waals surface area (Å²) in [6.07, 6.45) is 3.89. The second kappa shape index (κ2) is 7.01. The third-order valence-electron chi connectivity index (χ3n) is 2.07. The molecule has 0 saturated carbocycles. The van der Waals surface area contributed by atoms with Gasteiger partial charge in [0, 0.05) is 18.7 Å². The fourth-order valence-electron chi connectivity index (χ4n) is 1.28. The molecule has 0 saturated heterocycles. The summed E-state index contributed by atoms with van der Waals surface area (Å²) in [5.41, 5.74) is 0.991. The van der Waals surface area contributed by atoms with Gasteiger partial charge in [0.2, 0.25) is 0 Å². The summed E-state index contributed by atoms with van der Waals surface area (Å²) in [5, 5.41) is 0.123. The highest BCUT2D eigenvalue weighted by atomic mass is 32.2. The maximum atomic E-state index is 10.7. The van der Waals surface area contributed by atoms with Crippen LogP contribution in [0.4, 0.5) is 0 Å². The number of rotatable bonds is 5. The summed E-state index contributed by atoms with van der Waals surface area (Å²) >= 11 is 1.28. The zero-order chi connectivity index (χ0) is 12.7. The smallest absolute Gasteiger partial charge is 0.186 e. The molecule has 0 aliphatic heterocycles. The van der Waals surface area contributed by atoms with Crippen molar-refractivity contribution in [2.24, 2.45) is 0 Å². The molecule has 1 rings (SSSR count). The number of benzene rings is 1. The summed E-state index contributed by atoms with van der Waals surface area (Å²) in [4.78, 5) is 10.7. The second-order valence-electron chi connectivity index (χ2n) is 3.35. The summed E-state index contributed by atoms with van der Waals surface area (Å²) in [6.45, 7) is 1.56. The van der Waals surface area contributed by atoms with Gasteiger partial charge in [0.25, 0.3) is 0 Å². The van der Waals surface area contributed by atoms with Crippen LogP contribution >= 0.6 is 11.8 Å². The fraction of sp³-hybridized carbons (Fsp3) is 0.308. The molecular weight excluding hydrogens is 236 g/mol. The Morgan fingerprint density at radius 1 is 1.24 bits per heavy atom. The Kier molecular flexibility index (Phi) is 5.63. The molecule has 17 heavy (non-hydrogen) atoms. The number of methoxy groups -OCH3 is 2. The topological polar surface area (TPSA) is 35.5 Å². The van der Waals surface area contributed by atoms with Crippen molar-refractivity contribution >= 4 is 23.0 Å². The van der Waals surface area contributed by atoms with E-state index in [0.717, 1.165) is 17.1 Å². The molecule has 0 amide bonds. The van der Waals surface area contributed by atoms with Crippen LogP contribution in [-0.2, 0) is 4.79 Å². The standard InChI is InChI=1S/C13H16O3S/c1-10(14)17-6-4-5-11-7-12(15-2)9-13(8-11)16-3/h4-5,7-9H,6H2,1-3H3. The largest absolute Gasteiger partial charge is 0.497 e. The maximum Gasteiger partial charge on any atom is 0.186 e. The molecule has 0 aromatic heterocycles. The Labute approximate surface area is 106 Å². The number of ether oxygens (including phenoxy) is 2. The van der Waals surface area contributed by atoms with E-state index in [1.54, 1.807) is 21.1 Å². The van der Waals surface area contributed by atoms with E-state index in [1.807, 2.05) is 30.4 Å². The lowest BCUT2D eigenvalue weighted by Gasteiger charge is -2.05. The van der Waals surface area contributed by atoms with Crippen LogP contribution in [0.1, 0.15) is 12.5 Å². The molecule has 4 heteroatoms. The molecule has 1 aromatic carbocycles. The highest BCUT2D eigenvalue weighted by Crippen LogP contribution is 2.23. The van der Waals surface area contributed by atoms with Crippen LogP contribution in [0.3, 0.4) is 0 Å². The SMILES string of the molecule is COc1cc(C=CCSC(C)=O)cc(OC)c1. The summed E-state index contributed by atoms with van der Waals surface area (Å²) < 4.78 is 10.3. The van der Waals surface area contributed by atoms with Gasteiger partial charge < -0.3 is 9.47 Å². The van der Waals surface area contributed by atoms with E-state index < -0.39 is 0 Å². The molecule has 3 nitrogen and oxygen atoms in total. The molecule has 0 aliphatic carbocycles. The molecule has 0 bridgehead atoms. The van der Waals surface area contributed by atoms with Gasteiger partial charge in [-0.25, -0.2) is 0 Å². The summed E-state index contributed by atoms with van der Waals surface area (Å²) in [7, 11) is 3.24. The van der Waals surface area contributed by atoms with Crippen molar-refractivity contribution in [1.82, 2.24) is 0 Å². The highest BCUT2D eigenvalue weighted by Gasteiger charge is 1.99. The predicted molar refractivity (Wildman–Crippen MR) is 71.7 cm³/mol. The number of hydrogen-bond donors (Lipinski definition) is 0. The fourth-order valence-corrected chi connectivity index (χ4v) is 1.70. The van der Waals surface area contributed by atoms with Crippen molar-refractivity contribution in [3.8, 4) is 11.5 Å². The van der Waals surface area contributed by atoms with Crippen molar-refractivity contribution in [3.05, 3.63) is 29.8 Å². The van der Waals surface area contributed by atoms with E-state index in [-0.39, 0.29) is 5.12 Å². The van der Waals surface area contributed by atoms with Crippen molar-refractivity contribution in [2.45, 2.75) is 6.92 Å². The van der Waals surface area contributed by atoms with Crippen LogP contribution < -0.4 is 9.47 Å². The monoisotopic (exact) mass is 252 g/mol. The summed E-state index contributed by atoms with van der Waals surface area (Å²) in [6, 6.07) is 5.65. The van der Waals surface area contributed by atoms with Gasteiger partial charge in [0.05, 0.1) is 14.2 Å². The van der Waals surface area contributed by atoms with E-state index in [1.165, 1.54) is 11.8 Å². The average molecular weight is 252 g/mol. The lowest BCUT2D eigenvalue weighted by molar-refractivity contribution is -0.109.